The van der Waals surface area contributed by atoms with E-state index in [4.69, 9.17) is 4.74 Å². The summed E-state index contributed by atoms with van der Waals surface area (Å²) in [4.78, 5) is 12.7. The van der Waals surface area contributed by atoms with Crippen LogP contribution in [0.15, 0.2) is 67.1 Å². The fraction of sp³-hybridized carbons (Fsp3) is 0.0588. The van der Waals surface area contributed by atoms with Crippen LogP contribution in [0.5, 0.6) is 5.75 Å². The van der Waals surface area contributed by atoms with Crippen molar-refractivity contribution in [1.29, 1.82) is 0 Å². The first-order chi connectivity index (χ1) is 11.4. The molecule has 4 rings (SSSR count). The minimum absolute atomic E-state index is 0.295. The topological polar surface area (TPSA) is 65.2 Å². The van der Waals surface area contributed by atoms with Crippen LogP contribution in [-0.2, 0) is 6.61 Å². The molecule has 0 radical (unpaired) electrons. The molecule has 6 nitrogen and oxygen atoms in total. The minimum atomic E-state index is 0.295. The van der Waals surface area contributed by atoms with Gasteiger partial charge in [0.25, 0.3) is 5.78 Å². The number of nitrogens with zero attached hydrogens (tertiary/aromatic N) is 5. The van der Waals surface area contributed by atoms with E-state index in [0.717, 1.165) is 17.0 Å². The molecule has 3 heterocycles. The molecule has 0 aliphatic rings. The van der Waals surface area contributed by atoms with Crippen LogP contribution in [-0.4, -0.2) is 24.6 Å². The maximum atomic E-state index is 5.69. The minimum Gasteiger partial charge on any atom is -0.486 e. The molecule has 0 spiro atoms. The number of ether oxygens (including phenoxy) is 1. The molecular formula is C17H13N5O. The lowest BCUT2D eigenvalue weighted by Gasteiger charge is -2.03. The van der Waals surface area contributed by atoms with Gasteiger partial charge in [-0.2, -0.15) is 9.50 Å². The Morgan fingerprint density at radius 3 is 2.57 bits per heavy atom. The normalized spacial score (nSPS) is 10.8. The highest BCUT2D eigenvalue weighted by atomic mass is 16.5. The summed E-state index contributed by atoms with van der Waals surface area (Å²) in [5.74, 6) is 1.92. The van der Waals surface area contributed by atoms with Gasteiger partial charge in [0.2, 0.25) is 0 Å². The van der Waals surface area contributed by atoms with E-state index in [9.17, 15) is 0 Å². The number of hydrogen-bond donors (Lipinski definition) is 0. The first-order valence-electron chi connectivity index (χ1n) is 7.19. The Hall–Kier alpha value is -3.28. The van der Waals surface area contributed by atoms with Crippen molar-refractivity contribution in [2.75, 3.05) is 0 Å². The van der Waals surface area contributed by atoms with E-state index in [-0.39, 0.29) is 0 Å². The number of aromatic nitrogens is 5. The zero-order chi connectivity index (χ0) is 15.5. The highest BCUT2D eigenvalue weighted by molar-refractivity contribution is 5.60. The Labute approximate surface area is 132 Å². The third-order valence-corrected chi connectivity index (χ3v) is 3.37. The van der Waals surface area contributed by atoms with Crippen molar-refractivity contribution in [3.8, 4) is 17.0 Å². The van der Waals surface area contributed by atoms with Crippen LogP contribution < -0.4 is 4.74 Å². The second-order valence-electron chi connectivity index (χ2n) is 4.91. The summed E-state index contributed by atoms with van der Waals surface area (Å²) in [6.07, 6.45) is 5.22. The maximum absolute atomic E-state index is 5.69. The van der Waals surface area contributed by atoms with Crippen molar-refractivity contribution in [2.45, 2.75) is 6.61 Å². The highest BCUT2D eigenvalue weighted by Gasteiger charge is 2.10. The van der Waals surface area contributed by atoms with Crippen LogP contribution >= 0.6 is 0 Å². The Morgan fingerprint density at radius 2 is 1.74 bits per heavy atom. The number of pyridine rings is 1. The molecule has 0 saturated heterocycles. The average Bonchev–Trinajstić information content (AvgIpc) is 3.04. The maximum Gasteiger partial charge on any atom is 0.253 e. The third kappa shape index (κ3) is 2.74. The van der Waals surface area contributed by atoms with E-state index in [2.05, 4.69) is 20.1 Å². The highest BCUT2D eigenvalue weighted by Crippen LogP contribution is 2.18. The van der Waals surface area contributed by atoms with E-state index in [0.29, 0.717) is 18.2 Å². The molecular weight excluding hydrogens is 290 g/mol. The van der Waals surface area contributed by atoms with Gasteiger partial charge in [-0.3, -0.25) is 4.98 Å². The Balaban J connectivity index is 1.66. The third-order valence-electron chi connectivity index (χ3n) is 3.37. The largest absolute Gasteiger partial charge is 0.486 e. The van der Waals surface area contributed by atoms with Crippen LogP contribution in [0.25, 0.3) is 17.0 Å². The monoisotopic (exact) mass is 303 g/mol. The molecule has 0 aliphatic heterocycles. The van der Waals surface area contributed by atoms with E-state index in [1.54, 1.807) is 23.1 Å². The molecule has 112 valence electrons. The Kier molecular flexibility index (Phi) is 3.40. The Bertz CT molecular complexity index is 922. The van der Waals surface area contributed by atoms with Gasteiger partial charge in [0.05, 0.1) is 5.69 Å². The zero-order valence-corrected chi connectivity index (χ0v) is 12.2. The lowest BCUT2D eigenvalue weighted by molar-refractivity contribution is 0.296. The second-order valence-corrected chi connectivity index (χ2v) is 4.91. The van der Waals surface area contributed by atoms with E-state index in [1.807, 2.05) is 48.5 Å². The molecule has 0 N–H and O–H groups in total. The van der Waals surface area contributed by atoms with E-state index in [1.165, 1.54) is 0 Å². The van der Waals surface area contributed by atoms with E-state index >= 15 is 0 Å². The summed E-state index contributed by atoms with van der Waals surface area (Å²) in [7, 11) is 0. The molecule has 0 amide bonds. The molecule has 4 aromatic rings. The lowest BCUT2D eigenvalue weighted by atomic mass is 10.2. The number of rotatable bonds is 4. The van der Waals surface area contributed by atoms with Gasteiger partial charge < -0.3 is 4.74 Å². The fourth-order valence-electron chi connectivity index (χ4n) is 2.30. The number of hydrogen-bond acceptors (Lipinski definition) is 5. The number of fused-ring (bicyclic) bond motifs is 1. The molecule has 23 heavy (non-hydrogen) atoms. The quantitative estimate of drug-likeness (QED) is 0.580. The van der Waals surface area contributed by atoms with Gasteiger partial charge in [-0.25, -0.2) is 4.98 Å². The summed E-state index contributed by atoms with van der Waals surface area (Å²) in [6.45, 7) is 0.295. The van der Waals surface area contributed by atoms with E-state index < -0.39 is 0 Å². The van der Waals surface area contributed by atoms with Crippen molar-refractivity contribution in [3.05, 3.63) is 72.9 Å². The van der Waals surface area contributed by atoms with Crippen LogP contribution in [0.1, 0.15) is 5.82 Å². The van der Waals surface area contributed by atoms with Gasteiger partial charge in [-0.15, -0.1) is 5.10 Å². The van der Waals surface area contributed by atoms with Crippen LogP contribution in [0.3, 0.4) is 0 Å². The van der Waals surface area contributed by atoms with Gasteiger partial charge in [-0.05, 0) is 30.3 Å². The standard InChI is InChI=1S/C17H13N5O/c1-2-4-14(5-3-1)23-12-16-20-17-19-11-8-15(22(17)21-16)13-6-9-18-10-7-13/h1-11H,12H2. The first kappa shape index (κ1) is 13.4. The van der Waals surface area contributed by atoms with Crippen LogP contribution in [0.2, 0.25) is 0 Å². The van der Waals surface area contributed by atoms with Gasteiger partial charge >= 0.3 is 0 Å². The van der Waals surface area contributed by atoms with Gasteiger partial charge in [0, 0.05) is 24.2 Å². The Morgan fingerprint density at radius 1 is 0.913 bits per heavy atom. The number of benzene rings is 1. The van der Waals surface area contributed by atoms with Crippen LogP contribution in [0, 0.1) is 0 Å². The SMILES string of the molecule is c1ccc(OCc2nc3nccc(-c4ccncc4)n3n2)cc1. The van der Waals surface area contributed by atoms with Gasteiger partial charge in [-0.1, -0.05) is 18.2 Å². The molecule has 6 heteroatoms. The van der Waals surface area contributed by atoms with Crippen molar-refractivity contribution in [2.24, 2.45) is 0 Å². The molecule has 0 saturated carbocycles. The molecule has 0 unspecified atom stereocenters. The lowest BCUT2D eigenvalue weighted by Crippen LogP contribution is -1.99. The van der Waals surface area contributed by atoms with Gasteiger partial charge in [0.15, 0.2) is 5.82 Å². The molecule has 0 bridgehead atoms. The summed E-state index contributed by atoms with van der Waals surface area (Å²) < 4.78 is 7.41. The molecule has 3 aromatic heterocycles. The zero-order valence-electron chi connectivity index (χ0n) is 12.2. The smallest absolute Gasteiger partial charge is 0.253 e. The molecule has 0 aliphatic carbocycles. The molecule has 0 atom stereocenters. The second kappa shape index (κ2) is 5.84. The van der Waals surface area contributed by atoms with Crippen LogP contribution in [0.4, 0.5) is 0 Å². The predicted octanol–water partition coefficient (Wildman–Crippen LogP) is 2.77. The average molecular weight is 303 g/mol. The summed E-state index contributed by atoms with van der Waals surface area (Å²) in [5, 5.41) is 4.50. The van der Waals surface area contributed by atoms with Crippen molar-refractivity contribution < 1.29 is 4.74 Å². The first-order valence-corrected chi connectivity index (χ1v) is 7.19. The summed E-state index contributed by atoms with van der Waals surface area (Å²) in [6, 6.07) is 15.4. The van der Waals surface area contributed by atoms with Crippen molar-refractivity contribution in [3.63, 3.8) is 0 Å². The fourth-order valence-corrected chi connectivity index (χ4v) is 2.30. The summed E-state index contributed by atoms with van der Waals surface area (Å²) >= 11 is 0. The number of para-hydroxylation sites is 1. The molecule has 0 fully saturated rings. The van der Waals surface area contributed by atoms with Crippen molar-refractivity contribution >= 4 is 5.78 Å². The molecule has 1 aromatic carbocycles. The van der Waals surface area contributed by atoms with Crippen molar-refractivity contribution in [1.82, 2.24) is 24.6 Å². The predicted molar refractivity (Wildman–Crippen MR) is 84.8 cm³/mol. The summed E-state index contributed by atoms with van der Waals surface area (Å²) in [5.41, 5.74) is 1.92. The van der Waals surface area contributed by atoms with Gasteiger partial charge in [0.1, 0.15) is 12.4 Å².